The van der Waals surface area contributed by atoms with Crippen molar-refractivity contribution in [1.82, 2.24) is 5.32 Å². The number of hydrogen-bond donors (Lipinski definition) is 1. The van der Waals surface area contributed by atoms with Gasteiger partial charge in [0.2, 0.25) is 0 Å². The zero-order valence-corrected chi connectivity index (χ0v) is 13.8. The van der Waals surface area contributed by atoms with E-state index < -0.39 is 0 Å². The largest absolute Gasteiger partial charge is 0.494 e. The molecule has 2 nitrogen and oxygen atoms in total. The Balaban J connectivity index is 0.00000200. The third-order valence-electron chi connectivity index (χ3n) is 2.81. The number of halogens is 2. The maximum atomic E-state index is 5.63. The molecule has 0 aliphatic carbocycles. The van der Waals surface area contributed by atoms with Crippen molar-refractivity contribution in [2.45, 2.75) is 20.0 Å². The van der Waals surface area contributed by atoms with Crippen molar-refractivity contribution < 1.29 is 4.74 Å². The van der Waals surface area contributed by atoms with Crippen molar-refractivity contribution in [2.75, 3.05) is 6.61 Å². The summed E-state index contributed by atoms with van der Waals surface area (Å²) in [4.78, 5) is 0. The van der Waals surface area contributed by atoms with Gasteiger partial charge in [0.25, 0.3) is 0 Å². The van der Waals surface area contributed by atoms with Crippen LogP contribution < -0.4 is 10.1 Å². The Hall–Kier alpha value is -1.03. The smallest absolute Gasteiger partial charge is 0.123 e. The van der Waals surface area contributed by atoms with Gasteiger partial charge in [0, 0.05) is 23.1 Å². The van der Waals surface area contributed by atoms with Crippen LogP contribution in [0.5, 0.6) is 5.75 Å². The Kier molecular flexibility index (Phi) is 7.67. The SMILES string of the molecule is CCOc1ccc(Br)cc1CNCc1ccccc1.Cl. The molecule has 0 amide bonds. The fourth-order valence-corrected chi connectivity index (χ4v) is 2.33. The number of rotatable bonds is 6. The number of hydrogen-bond acceptors (Lipinski definition) is 2. The van der Waals surface area contributed by atoms with E-state index in [4.69, 9.17) is 4.74 Å². The molecule has 2 aromatic rings. The van der Waals surface area contributed by atoms with Gasteiger partial charge in [0.1, 0.15) is 5.75 Å². The molecule has 0 unspecified atom stereocenters. The lowest BCUT2D eigenvalue weighted by Gasteiger charge is -2.11. The van der Waals surface area contributed by atoms with E-state index >= 15 is 0 Å². The van der Waals surface area contributed by atoms with E-state index in [0.717, 1.165) is 23.3 Å². The molecule has 0 heterocycles. The lowest BCUT2D eigenvalue weighted by molar-refractivity contribution is 0.335. The molecule has 0 saturated heterocycles. The van der Waals surface area contributed by atoms with Crippen molar-refractivity contribution in [3.8, 4) is 5.75 Å². The molecule has 0 bridgehead atoms. The molecule has 0 aliphatic heterocycles. The standard InChI is InChI=1S/C16H18BrNO.ClH/c1-2-19-16-9-8-15(17)10-14(16)12-18-11-13-6-4-3-5-7-13;/h3-10,18H,2,11-12H2,1H3;1H. The summed E-state index contributed by atoms with van der Waals surface area (Å²) >= 11 is 3.50. The summed E-state index contributed by atoms with van der Waals surface area (Å²) in [6, 6.07) is 16.5. The monoisotopic (exact) mass is 355 g/mol. The van der Waals surface area contributed by atoms with E-state index in [1.165, 1.54) is 11.1 Å². The minimum atomic E-state index is 0. The fraction of sp³-hybridized carbons (Fsp3) is 0.250. The summed E-state index contributed by atoms with van der Waals surface area (Å²) in [5, 5.41) is 3.44. The van der Waals surface area contributed by atoms with Crippen LogP contribution in [0.1, 0.15) is 18.1 Å². The highest BCUT2D eigenvalue weighted by Crippen LogP contribution is 2.23. The van der Waals surface area contributed by atoms with E-state index in [2.05, 4.69) is 51.6 Å². The molecule has 1 N–H and O–H groups in total. The van der Waals surface area contributed by atoms with Crippen molar-refractivity contribution in [2.24, 2.45) is 0 Å². The number of nitrogens with one attached hydrogen (secondary N) is 1. The van der Waals surface area contributed by atoms with Crippen LogP contribution in [0.3, 0.4) is 0 Å². The summed E-state index contributed by atoms with van der Waals surface area (Å²) in [6.07, 6.45) is 0. The summed E-state index contributed by atoms with van der Waals surface area (Å²) in [7, 11) is 0. The van der Waals surface area contributed by atoms with Crippen LogP contribution in [0, 0.1) is 0 Å². The Morgan fingerprint density at radius 1 is 1.05 bits per heavy atom. The molecule has 4 heteroatoms. The normalized spacial score (nSPS) is 9.90. The van der Waals surface area contributed by atoms with Crippen LogP contribution in [-0.2, 0) is 13.1 Å². The first-order chi connectivity index (χ1) is 9.29. The Morgan fingerprint density at radius 2 is 1.80 bits per heavy atom. The first-order valence-electron chi connectivity index (χ1n) is 6.45. The zero-order valence-electron chi connectivity index (χ0n) is 11.4. The highest BCUT2D eigenvalue weighted by molar-refractivity contribution is 9.10. The van der Waals surface area contributed by atoms with Crippen LogP contribution in [-0.4, -0.2) is 6.61 Å². The maximum absolute atomic E-state index is 5.63. The average Bonchev–Trinajstić information content (AvgIpc) is 2.43. The molecule has 0 aromatic heterocycles. The predicted octanol–water partition coefficient (Wildman–Crippen LogP) is 4.56. The van der Waals surface area contributed by atoms with Gasteiger partial charge in [-0.1, -0.05) is 46.3 Å². The maximum Gasteiger partial charge on any atom is 0.123 e. The zero-order chi connectivity index (χ0) is 13.5. The van der Waals surface area contributed by atoms with E-state index in [9.17, 15) is 0 Å². The van der Waals surface area contributed by atoms with Gasteiger partial charge in [0.05, 0.1) is 6.61 Å². The molecule has 0 aliphatic rings. The van der Waals surface area contributed by atoms with Gasteiger partial charge in [0.15, 0.2) is 0 Å². The van der Waals surface area contributed by atoms with Crippen LogP contribution in [0.15, 0.2) is 53.0 Å². The molecule has 0 spiro atoms. The fourth-order valence-electron chi connectivity index (χ4n) is 1.92. The van der Waals surface area contributed by atoms with Crippen molar-refractivity contribution in [3.63, 3.8) is 0 Å². The summed E-state index contributed by atoms with van der Waals surface area (Å²) in [5.74, 6) is 0.950. The number of ether oxygens (including phenoxy) is 1. The molecule has 20 heavy (non-hydrogen) atoms. The van der Waals surface area contributed by atoms with Crippen molar-refractivity contribution >= 4 is 28.3 Å². The first kappa shape index (κ1) is 17.0. The predicted molar refractivity (Wildman–Crippen MR) is 89.5 cm³/mol. The van der Waals surface area contributed by atoms with Gasteiger partial charge < -0.3 is 10.1 Å². The molecule has 0 fully saturated rings. The highest BCUT2D eigenvalue weighted by atomic mass is 79.9. The van der Waals surface area contributed by atoms with Crippen LogP contribution in [0.25, 0.3) is 0 Å². The minimum absolute atomic E-state index is 0. The second kappa shape index (κ2) is 9.01. The van der Waals surface area contributed by atoms with Gasteiger partial charge in [-0.15, -0.1) is 12.4 Å². The Labute approximate surface area is 135 Å². The quantitative estimate of drug-likeness (QED) is 0.819. The molecule has 108 valence electrons. The minimum Gasteiger partial charge on any atom is -0.494 e. The van der Waals surface area contributed by atoms with E-state index in [1.54, 1.807) is 0 Å². The molecular formula is C16H19BrClNO. The number of benzene rings is 2. The van der Waals surface area contributed by atoms with Crippen molar-refractivity contribution in [1.29, 1.82) is 0 Å². The van der Waals surface area contributed by atoms with Gasteiger partial charge in [-0.05, 0) is 30.7 Å². The topological polar surface area (TPSA) is 21.3 Å². The van der Waals surface area contributed by atoms with Crippen LogP contribution in [0.2, 0.25) is 0 Å². The first-order valence-corrected chi connectivity index (χ1v) is 7.24. The lowest BCUT2D eigenvalue weighted by Crippen LogP contribution is -2.13. The molecule has 2 aromatic carbocycles. The van der Waals surface area contributed by atoms with Crippen LogP contribution in [0.4, 0.5) is 0 Å². The van der Waals surface area contributed by atoms with Gasteiger partial charge in [-0.3, -0.25) is 0 Å². The summed E-state index contributed by atoms with van der Waals surface area (Å²) < 4.78 is 6.71. The molecule has 0 saturated carbocycles. The summed E-state index contributed by atoms with van der Waals surface area (Å²) in [5.41, 5.74) is 2.46. The van der Waals surface area contributed by atoms with E-state index in [0.29, 0.717) is 6.61 Å². The van der Waals surface area contributed by atoms with E-state index in [1.807, 2.05) is 25.1 Å². The Morgan fingerprint density at radius 3 is 2.50 bits per heavy atom. The molecule has 0 radical (unpaired) electrons. The third kappa shape index (κ3) is 5.16. The van der Waals surface area contributed by atoms with E-state index in [-0.39, 0.29) is 12.4 Å². The highest BCUT2D eigenvalue weighted by Gasteiger charge is 2.04. The van der Waals surface area contributed by atoms with Gasteiger partial charge in [-0.2, -0.15) is 0 Å². The van der Waals surface area contributed by atoms with Gasteiger partial charge >= 0.3 is 0 Å². The summed E-state index contributed by atoms with van der Waals surface area (Å²) in [6.45, 7) is 4.35. The Bertz CT molecular complexity index is 519. The molecular weight excluding hydrogens is 338 g/mol. The molecule has 2 rings (SSSR count). The molecule has 0 atom stereocenters. The third-order valence-corrected chi connectivity index (χ3v) is 3.30. The van der Waals surface area contributed by atoms with Crippen LogP contribution >= 0.6 is 28.3 Å². The lowest BCUT2D eigenvalue weighted by atomic mass is 10.2. The second-order valence-electron chi connectivity index (χ2n) is 4.27. The average molecular weight is 357 g/mol. The van der Waals surface area contributed by atoms with Gasteiger partial charge in [-0.25, -0.2) is 0 Å². The second-order valence-corrected chi connectivity index (χ2v) is 5.19. The van der Waals surface area contributed by atoms with Crippen molar-refractivity contribution in [3.05, 3.63) is 64.1 Å².